The smallest absolute Gasteiger partial charge is 0.338 e. The zero-order valence-corrected chi connectivity index (χ0v) is 12.3. The number of rotatable bonds is 5. The van der Waals surface area contributed by atoms with E-state index >= 15 is 0 Å². The lowest BCUT2D eigenvalue weighted by Gasteiger charge is -2.07. The molecule has 116 valence electrons. The summed E-state index contributed by atoms with van der Waals surface area (Å²) < 4.78 is 5.13. The molecule has 0 aliphatic heterocycles. The summed E-state index contributed by atoms with van der Waals surface area (Å²) in [6.07, 6.45) is 0. The van der Waals surface area contributed by atoms with Gasteiger partial charge in [-0.15, -0.1) is 0 Å². The summed E-state index contributed by atoms with van der Waals surface area (Å²) in [5, 5.41) is 22.5. The summed E-state index contributed by atoms with van der Waals surface area (Å²) in [6.45, 7) is -0.0179. The van der Waals surface area contributed by atoms with Gasteiger partial charge in [-0.3, -0.25) is 10.1 Å². The molecule has 7 heteroatoms. The van der Waals surface area contributed by atoms with Gasteiger partial charge in [0.05, 0.1) is 22.1 Å². The van der Waals surface area contributed by atoms with Crippen molar-refractivity contribution < 1.29 is 14.5 Å². The van der Waals surface area contributed by atoms with Crippen LogP contribution in [0.2, 0.25) is 0 Å². The van der Waals surface area contributed by atoms with Crippen molar-refractivity contribution in [3.05, 3.63) is 69.3 Å². The van der Waals surface area contributed by atoms with Gasteiger partial charge in [-0.25, -0.2) is 4.79 Å². The molecule has 1 N–H and O–H groups in total. The Kier molecular flexibility index (Phi) is 4.89. The van der Waals surface area contributed by atoms with Crippen molar-refractivity contribution in [2.24, 2.45) is 0 Å². The minimum absolute atomic E-state index is 0.0179. The van der Waals surface area contributed by atoms with Crippen molar-refractivity contribution in [2.75, 3.05) is 12.4 Å². The first-order valence-corrected chi connectivity index (χ1v) is 6.67. The van der Waals surface area contributed by atoms with Gasteiger partial charge in [0.2, 0.25) is 0 Å². The molecule has 0 spiro atoms. The molecule has 0 heterocycles. The average molecular weight is 311 g/mol. The monoisotopic (exact) mass is 311 g/mol. The van der Waals surface area contributed by atoms with Crippen molar-refractivity contribution >= 4 is 17.3 Å². The third-order valence-corrected chi connectivity index (χ3v) is 3.13. The molecule has 0 aromatic heterocycles. The van der Waals surface area contributed by atoms with Gasteiger partial charge in [-0.1, -0.05) is 12.1 Å². The molecular formula is C16H13N3O4. The van der Waals surface area contributed by atoms with Crippen LogP contribution in [0.25, 0.3) is 0 Å². The van der Waals surface area contributed by atoms with Crippen LogP contribution in [0.1, 0.15) is 21.5 Å². The van der Waals surface area contributed by atoms with Crippen LogP contribution in [-0.4, -0.2) is 17.9 Å². The Balaban J connectivity index is 2.13. The zero-order chi connectivity index (χ0) is 16.8. The lowest BCUT2D eigenvalue weighted by Crippen LogP contribution is -2.07. The highest BCUT2D eigenvalue weighted by Crippen LogP contribution is 2.25. The third-order valence-electron chi connectivity index (χ3n) is 3.13. The molecule has 0 atom stereocenters. The van der Waals surface area contributed by atoms with Crippen molar-refractivity contribution in [1.29, 1.82) is 5.26 Å². The fourth-order valence-corrected chi connectivity index (χ4v) is 1.98. The van der Waals surface area contributed by atoms with Gasteiger partial charge in [0, 0.05) is 13.1 Å². The van der Waals surface area contributed by atoms with E-state index in [0.717, 1.165) is 0 Å². The van der Waals surface area contributed by atoms with E-state index in [-0.39, 0.29) is 17.9 Å². The van der Waals surface area contributed by atoms with E-state index in [9.17, 15) is 14.9 Å². The highest BCUT2D eigenvalue weighted by atomic mass is 16.6. The molecule has 0 radical (unpaired) electrons. The standard InChI is InChI=1S/C16H13N3O4/c1-18-14-6-5-13(8-15(14)19(21)22)16(20)23-10-12-4-2-3-11(7-12)9-17/h2-8,18H,10H2,1H3. The maximum atomic E-state index is 12.0. The third kappa shape index (κ3) is 3.83. The van der Waals surface area contributed by atoms with Crippen LogP contribution in [0.4, 0.5) is 11.4 Å². The number of nitro benzene ring substituents is 1. The molecular weight excluding hydrogens is 298 g/mol. The topological polar surface area (TPSA) is 105 Å². The normalized spacial score (nSPS) is 9.74. The number of anilines is 1. The number of hydrogen-bond donors (Lipinski definition) is 1. The second-order valence-corrected chi connectivity index (χ2v) is 4.63. The van der Waals surface area contributed by atoms with Crippen molar-refractivity contribution in [3.8, 4) is 6.07 Å². The van der Waals surface area contributed by atoms with Gasteiger partial charge in [0.1, 0.15) is 12.3 Å². The number of nitriles is 1. The van der Waals surface area contributed by atoms with Gasteiger partial charge < -0.3 is 10.1 Å². The summed E-state index contributed by atoms with van der Waals surface area (Å²) >= 11 is 0. The van der Waals surface area contributed by atoms with E-state index in [1.807, 2.05) is 6.07 Å². The van der Waals surface area contributed by atoms with Crippen LogP contribution in [0.5, 0.6) is 0 Å². The lowest BCUT2D eigenvalue weighted by atomic mass is 10.1. The molecule has 2 rings (SSSR count). The number of esters is 1. The molecule has 0 saturated carbocycles. The van der Waals surface area contributed by atoms with Crippen LogP contribution < -0.4 is 5.32 Å². The van der Waals surface area contributed by atoms with E-state index in [0.29, 0.717) is 16.8 Å². The summed E-state index contributed by atoms with van der Waals surface area (Å²) in [5.74, 6) is -0.668. The van der Waals surface area contributed by atoms with E-state index in [1.54, 1.807) is 31.3 Å². The maximum absolute atomic E-state index is 12.0. The van der Waals surface area contributed by atoms with Crippen molar-refractivity contribution in [1.82, 2.24) is 0 Å². The van der Waals surface area contributed by atoms with Crippen molar-refractivity contribution in [3.63, 3.8) is 0 Å². The second kappa shape index (κ2) is 7.04. The quantitative estimate of drug-likeness (QED) is 0.517. The van der Waals surface area contributed by atoms with Gasteiger partial charge in [-0.05, 0) is 29.8 Å². The summed E-state index contributed by atoms with van der Waals surface area (Å²) in [4.78, 5) is 22.4. The number of carbonyl (C=O) groups excluding carboxylic acids is 1. The number of nitro groups is 1. The number of hydrogen-bond acceptors (Lipinski definition) is 6. The highest BCUT2D eigenvalue weighted by Gasteiger charge is 2.17. The Morgan fingerprint density at radius 3 is 2.78 bits per heavy atom. The van der Waals surface area contributed by atoms with E-state index in [2.05, 4.69) is 5.32 Å². The Labute approximate surface area is 132 Å². The molecule has 0 aliphatic carbocycles. The van der Waals surface area contributed by atoms with E-state index in [1.165, 1.54) is 18.2 Å². The molecule has 0 aliphatic rings. The fourth-order valence-electron chi connectivity index (χ4n) is 1.98. The van der Waals surface area contributed by atoms with Gasteiger partial charge >= 0.3 is 5.97 Å². The summed E-state index contributed by atoms with van der Waals surface area (Å²) in [6, 6.07) is 12.7. The molecule has 2 aromatic carbocycles. The molecule has 23 heavy (non-hydrogen) atoms. The number of nitrogens with zero attached hydrogens (tertiary/aromatic N) is 2. The van der Waals surface area contributed by atoms with Crippen LogP contribution in [-0.2, 0) is 11.3 Å². The average Bonchev–Trinajstić information content (AvgIpc) is 2.59. The predicted octanol–water partition coefficient (Wildman–Crippen LogP) is 2.87. The Bertz CT molecular complexity index is 796. The van der Waals surface area contributed by atoms with Crippen LogP contribution in [0.15, 0.2) is 42.5 Å². The number of benzene rings is 2. The van der Waals surface area contributed by atoms with Crippen molar-refractivity contribution in [2.45, 2.75) is 6.61 Å². The fraction of sp³-hybridized carbons (Fsp3) is 0.125. The SMILES string of the molecule is CNc1ccc(C(=O)OCc2cccc(C#N)c2)cc1[N+](=O)[O-]. The van der Waals surface area contributed by atoms with E-state index in [4.69, 9.17) is 10.00 Å². The molecule has 2 aromatic rings. The largest absolute Gasteiger partial charge is 0.457 e. The van der Waals surface area contributed by atoms with Crippen LogP contribution >= 0.6 is 0 Å². The van der Waals surface area contributed by atoms with E-state index < -0.39 is 10.9 Å². The zero-order valence-electron chi connectivity index (χ0n) is 12.3. The molecule has 0 amide bonds. The number of ether oxygens (including phenoxy) is 1. The Morgan fingerprint density at radius 1 is 1.35 bits per heavy atom. The molecule has 0 unspecified atom stereocenters. The maximum Gasteiger partial charge on any atom is 0.338 e. The van der Waals surface area contributed by atoms with Gasteiger partial charge in [0.15, 0.2) is 0 Å². The first-order chi connectivity index (χ1) is 11.0. The number of nitrogens with one attached hydrogen (secondary N) is 1. The molecule has 7 nitrogen and oxygen atoms in total. The summed E-state index contributed by atoms with van der Waals surface area (Å²) in [5.41, 5.74) is 1.33. The second-order valence-electron chi connectivity index (χ2n) is 4.63. The molecule has 0 fully saturated rings. The predicted molar refractivity (Wildman–Crippen MR) is 82.9 cm³/mol. The van der Waals surface area contributed by atoms with Gasteiger partial charge in [-0.2, -0.15) is 5.26 Å². The minimum atomic E-state index is -0.668. The minimum Gasteiger partial charge on any atom is -0.457 e. The van der Waals surface area contributed by atoms with Crippen LogP contribution in [0.3, 0.4) is 0 Å². The Morgan fingerprint density at radius 2 is 2.13 bits per heavy atom. The van der Waals surface area contributed by atoms with Gasteiger partial charge in [0.25, 0.3) is 5.69 Å². The first kappa shape index (κ1) is 16.0. The number of carbonyl (C=O) groups is 1. The molecule has 0 bridgehead atoms. The highest BCUT2D eigenvalue weighted by molar-refractivity contribution is 5.91. The summed E-state index contributed by atoms with van der Waals surface area (Å²) in [7, 11) is 1.56. The lowest BCUT2D eigenvalue weighted by molar-refractivity contribution is -0.384. The van der Waals surface area contributed by atoms with Crippen LogP contribution in [0, 0.1) is 21.4 Å². The Hall–Kier alpha value is -3.40. The first-order valence-electron chi connectivity index (χ1n) is 6.67. The molecule has 0 saturated heterocycles.